The molecule has 4 heteroatoms. The Hall–Kier alpha value is -0.610. The molecule has 0 aromatic rings. The van der Waals surface area contributed by atoms with Crippen molar-refractivity contribution in [1.29, 1.82) is 0 Å². The Bertz CT molecular complexity index is 342. The third-order valence-electron chi connectivity index (χ3n) is 5.50. The van der Waals surface area contributed by atoms with Crippen LogP contribution in [0.3, 0.4) is 0 Å². The zero-order valence-electron chi connectivity index (χ0n) is 13.5. The van der Waals surface area contributed by atoms with Gasteiger partial charge < -0.3 is 10.2 Å². The van der Waals surface area contributed by atoms with Gasteiger partial charge in [0.25, 0.3) is 0 Å². The van der Waals surface area contributed by atoms with Crippen molar-refractivity contribution in [2.45, 2.75) is 64.0 Å². The average Bonchev–Trinajstić information content (AvgIpc) is 3.32. The molecule has 3 aliphatic rings. The number of carbonyl (C=O) groups excluding carboxylic acids is 1. The van der Waals surface area contributed by atoms with Gasteiger partial charge in [-0.2, -0.15) is 0 Å². The topological polar surface area (TPSA) is 35.6 Å². The Labute approximate surface area is 129 Å². The summed E-state index contributed by atoms with van der Waals surface area (Å²) in [4.78, 5) is 17.1. The smallest absolute Gasteiger partial charge is 0.237 e. The van der Waals surface area contributed by atoms with E-state index in [1.165, 1.54) is 51.5 Å². The second kappa shape index (κ2) is 7.10. The summed E-state index contributed by atoms with van der Waals surface area (Å²) >= 11 is 0. The first-order valence-electron chi connectivity index (χ1n) is 8.99. The molecule has 0 aromatic heterocycles. The molecule has 1 heterocycles. The van der Waals surface area contributed by atoms with E-state index in [4.69, 9.17) is 0 Å². The molecule has 1 aliphatic heterocycles. The lowest BCUT2D eigenvalue weighted by molar-refractivity contribution is -0.126. The molecular weight excluding hydrogens is 262 g/mol. The second-order valence-electron chi connectivity index (χ2n) is 7.30. The standard InChI is InChI=1S/C17H31N3O/c1-14(17(21)18-16-7-8-16)20-11-9-19(10-12-20)13-15-5-3-2-4-6-15/h14-16H,2-13H2,1H3,(H,18,21). The Morgan fingerprint density at radius 3 is 2.33 bits per heavy atom. The molecular formula is C17H31N3O. The van der Waals surface area contributed by atoms with Gasteiger partial charge in [-0.25, -0.2) is 0 Å². The maximum absolute atomic E-state index is 12.1. The summed E-state index contributed by atoms with van der Waals surface area (Å²) in [5.41, 5.74) is 0. The molecule has 0 spiro atoms. The van der Waals surface area contributed by atoms with Crippen molar-refractivity contribution in [3.63, 3.8) is 0 Å². The number of amides is 1. The lowest BCUT2D eigenvalue weighted by Crippen LogP contribution is -2.54. The van der Waals surface area contributed by atoms with Gasteiger partial charge in [-0.05, 0) is 38.5 Å². The summed E-state index contributed by atoms with van der Waals surface area (Å²) < 4.78 is 0. The van der Waals surface area contributed by atoms with E-state index in [1.54, 1.807) is 0 Å². The molecule has 1 N–H and O–H groups in total. The highest BCUT2D eigenvalue weighted by molar-refractivity contribution is 5.81. The highest BCUT2D eigenvalue weighted by Gasteiger charge is 2.30. The second-order valence-corrected chi connectivity index (χ2v) is 7.30. The lowest BCUT2D eigenvalue weighted by atomic mass is 9.89. The Balaban J connectivity index is 1.38. The Kier molecular flexibility index (Phi) is 5.17. The van der Waals surface area contributed by atoms with Gasteiger partial charge in [0, 0.05) is 38.8 Å². The predicted molar refractivity (Wildman–Crippen MR) is 85.2 cm³/mol. The van der Waals surface area contributed by atoms with Crippen molar-refractivity contribution in [3.8, 4) is 0 Å². The fourth-order valence-electron chi connectivity index (χ4n) is 3.78. The van der Waals surface area contributed by atoms with Crippen molar-refractivity contribution < 1.29 is 4.79 Å². The van der Waals surface area contributed by atoms with Crippen LogP contribution in [0.4, 0.5) is 0 Å². The SMILES string of the molecule is CC(C(=O)NC1CC1)N1CCN(CC2CCCCC2)CC1. The minimum Gasteiger partial charge on any atom is -0.352 e. The first-order valence-corrected chi connectivity index (χ1v) is 8.99. The molecule has 0 aromatic carbocycles. The first-order chi connectivity index (χ1) is 10.2. The molecule has 1 saturated heterocycles. The first kappa shape index (κ1) is 15.3. The highest BCUT2D eigenvalue weighted by atomic mass is 16.2. The maximum atomic E-state index is 12.1. The Morgan fingerprint density at radius 2 is 1.71 bits per heavy atom. The number of hydrogen-bond donors (Lipinski definition) is 1. The monoisotopic (exact) mass is 293 g/mol. The number of nitrogens with zero attached hydrogens (tertiary/aromatic N) is 2. The van der Waals surface area contributed by atoms with Crippen LogP contribution < -0.4 is 5.32 Å². The van der Waals surface area contributed by atoms with Crippen LogP contribution in [0.15, 0.2) is 0 Å². The van der Waals surface area contributed by atoms with Gasteiger partial charge in [0.15, 0.2) is 0 Å². The molecule has 120 valence electrons. The van der Waals surface area contributed by atoms with E-state index in [9.17, 15) is 4.79 Å². The van der Waals surface area contributed by atoms with Crippen molar-refractivity contribution in [1.82, 2.24) is 15.1 Å². The van der Waals surface area contributed by atoms with E-state index in [1.807, 2.05) is 0 Å². The summed E-state index contributed by atoms with van der Waals surface area (Å²) in [5.74, 6) is 1.17. The van der Waals surface area contributed by atoms with Crippen molar-refractivity contribution in [2.75, 3.05) is 32.7 Å². The van der Waals surface area contributed by atoms with Gasteiger partial charge in [-0.3, -0.25) is 9.69 Å². The summed E-state index contributed by atoms with van der Waals surface area (Å²) in [5, 5.41) is 3.13. The fourth-order valence-corrected chi connectivity index (χ4v) is 3.78. The molecule has 2 saturated carbocycles. The van der Waals surface area contributed by atoms with E-state index in [0.29, 0.717) is 6.04 Å². The number of nitrogens with one attached hydrogen (secondary N) is 1. The maximum Gasteiger partial charge on any atom is 0.237 e. The molecule has 0 bridgehead atoms. The number of carbonyl (C=O) groups is 1. The van der Waals surface area contributed by atoms with Crippen LogP contribution in [-0.4, -0.2) is 60.5 Å². The molecule has 1 atom stereocenters. The van der Waals surface area contributed by atoms with Gasteiger partial charge in [0.1, 0.15) is 0 Å². The van der Waals surface area contributed by atoms with Gasteiger partial charge in [-0.1, -0.05) is 19.3 Å². The number of hydrogen-bond acceptors (Lipinski definition) is 3. The van der Waals surface area contributed by atoms with Crippen molar-refractivity contribution in [3.05, 3.63) is 0 Å². The zero-order chi connectivity index (χ0) is 14.7. The summed E-state index contributed by atoms with van der Waals surface area (Å²) in [6.45, 7) is 7.72. The van der Waals surface area contributed by atoms with Crippen LogP contribution >= 0.6 is 0 Å². The molecule has 3 fully saturated rings. The van der Waals surface area contributed by atoms with Crippen LogP contribution in [0.2, 0.25) is 0 Å². The van der Waals surface area contributed by atoms with E-state index in [2.05, 4.69) is 22.0 Å². The van der Waals surface area contributed by atoms with Crippen LogP contribution in [0.5, 0.6) is 0 Å². The van der Waals surface area contributed by atoms with Gasteiger partial charge >= 0.3 is 0 Å². The molecule has 1 amide bonds. The molecule has 2 aliphatic carbocycles. The zero-order valence-corrected chi connectivity index (χ0v) is 13.5. The van der Waals surface area contributed by atoms with Crippen LogP contribution in [0, 0.1) is 5.92 Å². The van der Waals surface area contributed by atoms with Crippen LogP contribution in [0.25, 0.3) is 0 Å². The normalized spacial score (nSPS) is 27.5. The number of piperazine rings is 1. The minimum atomic E-state index is 0.0439. The van der Waals surface area contributed by atoms with E-state index >= 15 is 0 Å². The van der Waals surface area contributed by atoms with Gasteiger partial charge in [0.05, 0.1) is 6.04 Å². The third-order valence-corrected chi connectivity index (χ3v) is 5.50. The summed E-state index contributed by atoms with van der Waals surface area (Å²) in [7, 11) is 0. The van der Waals surface area contributed by atoms with Gasteiger partial charge in [-0.15, -0.1) is 0 Å². The molecule has 21 heavy (non-hydrogen) atoms. The summed E-state index contributed by atoms with van der Waals surface area (Å²) in [6.07, 6.45) is 9.52. The Morgan fingerprint density at radius 1 is 1.05 bits per heavy atom. The molecule has 0 radical (unpaired) electrons. The van der Waals surface area contributed by atoms with E-state index in [-0.39, 0.29) is 11.9 Å². The molecule has 4 nitrogen and oxygen atoms in total. The molecule has 1 unspecified atom stereocenters. The lowest BCUT2D eigenvalue weighted by Gasteiger charge is -2.39. The van der Waals surface area contributed by atoms with Crippen LogP contribution in [-0.2, 0) is 4.79 Å². The van der Waals surface area contributed by atoms with Gasteiger partial charge in [0.2, 0.25) is 5.91 Å². The minimum absolute atomic E-state index is 0.0439. The van der Waals surface area contributed by atoms with E-state index < -0.39 is 0 Å². The van der Waals surface area contributed by atoms with Crippen molar-refractivity contribution >= 4 is 5.91 Å². The quantitative estimate of drug-likeness (QED) is 0.840. The van der Waals surface area contributed by atoms with E-state index in [0.717, 1.165) is 32.1 Å². The van der Waals surface area contributed by atoms with Crippen LogP contribution in [0.1, 0.15) is 51.9 Å². The fraction of sp³-hybridized carbons (Fsp3) is 0.941. The number of rotatable bonds is 5. The third kappa shape index (κ3) is 4.43. The average molecular weight is 293 g/mol. The van der Waals surface area contributed by atoms with Crippen molar-refractivity contribution in [2.24, 2.45) is 5.92 Å². The molecule has 3 rings (SSSR count). The highest BCUT2D eigenvalue weighted by Crippen LogP contribution is 2.25. The summed E-state index contributed by atoms with van der Waals surface area (Å²) in [6, 6.07) is 0.523. The largest absolute Gasteiger partial charge is 0.352 e. The predicted octanol–water partition coefficient (Wildman–Crippen LogP) is 1.85.